The zero-order valence-corrected chi connectivity index (χ0v) is 22.5. The number of rotatable bonds is 10. The average Bonchev–Trinajstić information content (AvgIpc) is 3.73. The molecule has 1 aliphatic carbocycles. The summed E-state index contributed by atoms with van der Waals surface area (Å²) in [6.07, 6.45) is 2.22. The van der Waals surface area contributed by atoms with Crippen LogP contribution in [0.15, 0.2) is 65.6 Å². The van der Waals surface area contributed by atoms with E-state index in [0.717, 1.165) is 52.3 Å². The van der Waals surface area contributed by atoms with Crippen molar-refractivity contribution < 1.29 is 22.7 Å². The molecule has 0 atom stereocenters. The van der Waals surface area contributed by atoms with E-state index >= 15 is 0 Å². The van der Waals surface area contributed by atoms with Crippen molar-refractivity contribution in [1.82, 2.24) is 14.9 Å². The molecule has 8 nitrogen and oxygen atoms in total. The number of imidazole rings is 1. The highest BCUT2D eigenvalue weighted by Crippen LogP contribution is 2.41. The van der Waals surface area contributed by atoms with Gasteiger partial charge in [-0.2, -0.15) is 0 Å². The number of hydrogen-bond donors (Lipinski definition) is 1. The zero-order valence-electron chi connectivity index (χ0n) is 21.7. The minimum Gasteiger partial charge on any atom is -0.497 e. The smallest absolute Gasteiger partial charge is 0.251 e. The van der Waals surface area contributed by atoms with Crippen LogP contribution < -0.4 is 14.8 Å². The first-order valence-electron chi connectivity index (χ1n) is 12.6. The van der Waals surface area contributed by atoms with Crippen LogP contribution >= 0.6 is 0 Å². The number of benzene rings is 3. The number of ether oxygens (including phenoxy) is 2. The second kappa shape index (κ2) is 10.5. The highest BCUT2D eigenvalue weighted by molar-refractivity contribution is 7.91. The quantitative estimate of drug-likeness (QED) is 0.317. The second-order valence-corrected chi connectivity index (χ2v) is 11.8. The summed E-state index contributed by atoms with van der Waals surface area (Å²) < 4.78 is 37.1. The number of nitrogens with one attached hydrogen (secondary N) is 1. The molecule has 0 unspecified atom stereocenters. The molecule has 0 radical (unpaired) electrons. The summed E-state index contributed by atoms with van der Waals surface area (Å²) >= 11 is 0. The maximum absolute atomic E-state index is 12.9. The summed E-state index contributed by atoms with van der Waals surface area (Å²) in [7, 11) is 0.0270. The number of fused-ring (bicyclic) bond motifs is 1. The first-order valence-corrected chi connectivity index (χ1v) is 14.3. The Morgan fingerprint density at radius 2 is 1.66 bits per heavy atom. The lowest BCUT2D eigenvalue weighted by Crippen LogP contribution is -2.22. The maximum atomic E-state index is 12.9. The van der Waals surface area contributed by atoms with Gasteiger partial charge in [-0.3, -0.25) is 4.79 Å². The lowest BCUT2D eigenvalue weighted by molar-refractivity contribution is 0.0951. The molecule has 1 saturated carbocycles. The second-order valence-electron chi connectivity index (χ2n) is 9.48. The predicted octanol–water partition coefficient (Wildman–Crippen LogP) is 4.70. The topological polar surface area (TPSA) is 99.5 Å². The summed E-state index contributed by atoms with van der Waals surface area (Å²) in [5.74, 6) is 2.76. The summed E-state index contributed by atoms with van der Waals surface area (Å²) in [5.41, 5.74) is 4.14. The van der Waals surface area contributed by atoms with Crippen LogP contribution in [0.3, 0.4) is 0 Å². The number of amides is 1. The summed E-state index contributed by atoms with van der Waals surface area (Å²) in [6.45, 7) is 2.53. The van der Waals surface area contributed by atoms with Gasteiger partial charge in [0.05, 0.1) is 35.9 Å². The minimum absolute atomic E-state index is 0.0531. The first-order chi connectivity index (χ1) is 18.3. The molecule has 1 heterocycles. The standard InChI is InChI=1S/C29H31N3O5S/c1-4-38(34,35)25-10-5-19(6-11-25)17-30-29(33)22-9-12-27-26(15-22)31-28(21-7-8-21)32(27)18-20-13-23(36-2)16-24(14-20)37-3/h5-6,9-16,21H,4,7-8,17-18H2,1-3H3,(H,30,33). The van der Waals surface area contributed by atoms with E-state index < -0.39 is 9.84 Å². The van der Waals surface area contributed by atoms with Gasteiger partial charge in [-0.25, -0.2) is 13.4 Å². The highest BCUT2D eigenvalue weighted by atomic mass is 32.2. The van der Waals surface area contributed by atoms with Gasteiger partial charge in [0.2, 0.25) is 0 Å². The fraction of sp³-hybridized carbons (Fsp3) is 0.310. The number of hydrogen-bond acceptors (Lipinski definition) is 6. The highest BCUT2D eigenvalue weighted by Gasteiger charge is 2.30. The van der Waals surface area contributed by atoms with Gasteiger partial charge in [0.25, 0.3) is 5.91 Å². The minimum atomic E-state index is -3.25. The van der Waals surface area contributed by atoms with Gasteiger partial charge in [0.1, 0.15) is 17.3 Å². The molecule has 38 heavy (non-hydrogen) atoms. The van der Waals surface area contributed by atoms with E-state index in [4.69, 9.17) is 14.5 Å². The largest absolute Gasteiger partial charge is 0.497 e. The summed E-state index contributed by atoms with van der Waals surface area (Å²) in [4.78, 5) is 18.1. The van der Waals surface area contributed by atoms with Crippen molar-refractivity contribution in [2.24, 2.45) is 0 Å². The van der Waals surface area contributed by atoms with E-state index in [-0.39, 0.29) is 16.6 Å². The van der Waals surface area contributed by atoms with Crippen LogP contribution in [-0.2, 0) is 22.9 Å². The molecule has 0 spiro atoms. The number of methoxy groups -OCH3 is 2. The van der Waals surface area contributed by atoms with Crippen molar-refractivity contribution in [2.75, 3.05) is 20.0 Å². The number of aromatic nitrogens is 2. The third-order valence-electron chi connectivity index (χ3n) is 6.85. The van der Waals surface area contributed by atoms with E-state index in [1.54, 1.807) is 45.4 Å². The van der Waals surface area contributed by atoms with Crippen LogP contribution in [0, 0.1) is 0 Å². The SMILES string of the molecule is CCS(=O)(=O)c1ccc(CNC(=O)c2ccc3c(c2)nc(C2CC2)n3Cc2cc(OC)cc(OC)c2)cc1. The molecule has 198 valence electrons. The Bertz CT molecular complexity index is 1570. The van der Waals surface area contributed by atoms with Gasteiger partial charge in [0, 0.05) is 30.6 Å². The Morgan fingerprint density at radius 1 is 0.974 bits per heavy atom. The Labute approximate surface area is 222 Å². The van der Waals surface area contributed by atoms with Crippen LogP contribution in [0.4, 0.5) is 0 Å². The van der Waals surface area contributed by atoms with Crippen molar-refractivity contribution in [3.63, 3.8) is 0 Å². The Kier molecular flexibility index (Phi) is 7.12. The number of sulfone groups is 1. The van der Waals surface area contributed by atoms with Crippen molar-refractivity contribution in [3.8, 4) is 11.5 Å². The van der Waals surface area contributed by atoms with Crippen LogP contribution in [-0.4, -0.2) is 43.8 Å². The van der Waals surface area contributed by atoms with Gasteiger partial charge in [-0.05, 0) is 66.4 Å². The number of carbonyl (C=O) groups is 1. The van der Waals surface area contributed by atoms with Crippen LogP contribution in [0.2, 0.25) is 0 Å². The van der Waals surface area contributed by atoms with Crippen molar-refractivity contribution in [2.45, 2.75) is 43.7 Å². The van der Waals surface area contributed by atoms with Crippen LogP contribution in [0.5, 0.6) is 11.5 Å². The van der Waals surface area contributed by atoms with Crippen molar-refractivity contribution >= 4 is 26.8 Å². The van der Waals surface area contributed by atoms with Gasteiger partial charge < -0.3 is 19.4 Å². The molecule has 4 aromatic rings. The monoisotopic (exact) mass is 533 g/mol. The molecule has 0 aliphatic heterocycles. The first kappa shape index (κ1) is 25.8. The summed E-state index contributed by atoms with van der Waals surface area (Å²) in [5, 5.41) is 2.92. The predicted molar refractivity (Wildman–Crippen MR) is 146 cm³/mol. The Hall–Kier alpha value is -3.85. The van der Waals surface area contributed by atoms with Gasteiger partial charge in [-0.1, -0.05) is 19.1 Å². The third-order valence-corrected chi connectivity index (χ3v) is 8.60. The molecule has 9 heteroatoms. The Balaban J connectivity index is 1.36. The van der Waals surface area contributed by atoms with Gasteiger partial charge in [-0.15, -0.1) is 0 Å². The fourth-order valence-electron chi connectivity index (χ4n) is 4.51. The van der Waals surface area contributed by atoms with E-state index in [9.17, 15) is 13.2 Å². The van der Waals surface area contributed by atoms with Crippen LogP contribution in [0.25, 0.3) is 11.0 Å². The normalized spacial score (nSPS) is 13.4. The molecule has 1 fully saturated rings. The third kappa shape index (κ3) is 5.38. The lowest BCUT2D eigenvalue weighted by Gasteiger charge is -2.12. The molecule has 1 aliphatic rings. The van der Waals surface area contributed by atoms with E-state index in [2.05, 4.69) is 9.88 Å². The summed E-state index contributed by atoms with van der Waals surface area (Å²) in [6, 6.07) is 18.0. The molecule has 1 amide bonds. The molecule has 0 bridgehead atoms. The van der Waals surface area contributed by atoms with E-state index in [1.165, 1.54) is 0 Å². The van der Waals surface area contributed by atoms with Gasteiger partial charge in [0.15, 0.2) is 9.84 Å². The Morgan fingerprint density at radius 3 is 2.26 bits per heavy atom. The van der Waals surface area contributed by atoms with Gasteiger partial charge >= 0.3 is 0 Å². The molecule has 1 aromatic heterocycles. The number of carbonyl (C=O) groups excluding carboxylic acids is 1. The zero-order chi connectivity index (χ0) is 26.9. The maximum Gasteiger partial charge on any atom is 0.251 e. The molecule has 5 rings (SSSR count). The molecule has 3 aromatic carbocycles. The average molecular weight is 534 g/mol. The van der Waals surface area contributed by atoms with E-state index in [0.29, 0.717) is 24.6 Å². The van der Waals surface area contributed by atoms with Crippen molar-refractivity contribution in [3.05, 3.63) is 83.2 Å². The molecular formula is C29H31N3O5S. The lowest BCUT2D eigenvalue weighted by atomic mass is 10.1. The fourth-order valence-corrected chi connectivity index (χ4v) is 5.40. The molecular weight excluding hydrogens is 502 g/mol. The molecule has 1 N–H and O–H groups in total. The number of nitrogens with zero attached hydrogens (tertiary/aromatic N) is 2. The van der Waals surface area contributed by atoms with Crippen LogP contribution in [0.1, 0.15) is 53.0 Å². The van der Waals surface area contributed by atoms with E-state index in [1.807, 2.05) is 36.4 Å². The van der Waals surface area contributed by atoms with Crippen molar-refractivity contribution in [1.29, 1.82) is 0 Å². The molecule has 0 saturated heterocycles.